The molecule has 1 aromatic heterocycles. The number of nitrogens with zero attached hydrogens (tertiary/aromatic N) is 4. The van der Waals surface area contributed by atoms with Gasteiger partial charge >= 0.3 is 5.95 Å². The fraction of sp³-hybridized carbons (Fsp3) is 0.588. The summed E-state index contributed by atoms with van der Waals surface area (Å²) in [7, 11) is 3.50. The van der Waals surface area contributed by atoms with Crippen molar-refractivity contribution in [1.82, 2.24) is 10.4 Å². The van der Waals surface area contributed by atoms with Gasteiger partial charge in [0.05, 0.1) is 19.7 Å². The first-order valence-corrected chi connectivity index (χ1v) is 8.73. The molecule has 1 aliphatic rings. The van der Waals surface area contributed by atoms with Crippen molar-refractivity contribution in [3.63, 3.8) is 0 Å². The summed E-state index contributed by atoms with van der Waals surface area (Å²) >= 11 is 0. The van der Waals surface area contributed by atoms with Crippen LogP contribution in [0.15, 0.2) is 12.1 Å². The molecule has 8 heteroatoms. The first-order valence-electron chi connectivity index (χ1n) is 8.73. The number of benzene rings is 1. The van der Waals surface area contributed by atoms with E-state index in [4.69, 9.17) is 4.74 Å². The lowest BCUT2D eigenvalue weighted by atomic mass is 10.1. The zero-order valence-electron chi connectivity index (χ0n) is 14.8. The van der Waals surface area contributed by atoms with Crippen LogP contribution in [-0.4, -0.2) is 45.5 Å². The van der Waals surface area contributed by atoms with Crippen LogP contribution in [0.3, 0.4) is 0 Å². The molecule has 0 saturated carbocycles. The maximum absolute atomic E-state index is 12.9. The second kappa shape index (κ2) is 7.79. The maximum atomic E-state index is 12.9. The third kappa shape index (κ3) is 3.59. The van der Waals surface area contributed by atoms with Crippen molar-refractivity contribution >= 4 is 17.0 Å². The molecular weight excluding hydrogens is 322 g/mol. The molecule has 0 spiro atoms. The molecule has 0 unspecified atom stereocenters. The van der Waals surface area contributed by atoms with Crippen LogP contribution in [0.25, 0.3) is 11.0 Å². The second-order valence-electron chi connectivity index (χ2n) is 6.37. The molecule has 8 nitrogen and oxygen atoms in total. The number of aromatic nitrogens is 3. The fourth-order valence-electron chi connectivity index (χ4n) is 3.35. The molecule has 1 N–H and O–H groups in total. The van der Waals surface area contributed by atoms with Gasteiger partial charge in [0.1, 0.15) is 0 Å². The van der Waals surface area contributed by atoms with Gasteiger partial charge in [-0.05, 0) is 56.5 Å². The number of fused-ring (bicyclic) bond motifs is 2. The standard InChI is InChI=1S/C17H25N5O3/c1-18-7-4-8-20(9-10-25-2)17-19-22(24)16-12-14-6-3-5-13(14)11-15(16)21(17)23/h11-12,18H,3-10H2,1-2H3. The van der Waals surface area contributed by atoms with E-state index in [1.165, 1.54) is 0 Å². The highest BCUT2D eigenvalue weighted by atomic mass is 16.5. The van der Waals surface area contributed by atoms with Crippen LogP contribution in [0.5, 0.6) is 0 Å². The Bertz CT molecular complexity index is 753. The molecule has 0 fully saturated rings. The highest BCUT2D eigenvalue weighted by Crippen LogP contribution is 2.25. The Labute approximate surface area is 147 Å². The van der Waals surface area contributed by atoms with Gasteiger partial charge in [-0.3, -0.25) is 4.90 Å². The van der Waals surface area contributed by atoms with Crippen LogP contribution in [0.4, 0.5) is 5.95 Å². The number of aryl methyl sites for hydroxylation is 2. The molecule has 0 atom stereocenters. The van der Waals surface area contributed by atoms with E-state index in [1.807, 2.05) is 24.1 Å². The normalized spacial score (nSPS) is 13.4. The first-order chi connectivity index (χ1) is 12.2. The number of methoxy groups -OCH3 is 1. The zero-order valence-corrected chi connectivity index (χ0v) is 14.8. The smallest absolute Gasteiger partial charge is 0.463 e. The Morgan fingerprint density at radius 3 is 2.60 bits per heavy atom. The van der Waals surface area contributed by atoms with Crippen molar-refractivity contribution < 1.29 is 14.3 Å². The molecule has 1 aliphatic carbocycles. The minimum absolute atomic E-state index is 0.133. The fourth-order valence-corrected chi connectivity index (χ4v) is 3.35. The van der Waals surface area contributed by atoms with Gasteiger partial charge in [-0.1, -0.05) is 0 Å². The van der Waals surface area contributed by atoms with Gasteiger partial charge < -0.3 is 20.5 Å². The number of ether oxygens (including phenoxy) is 1. The van der Waals surface area contributed by atoms with Crippen molar-refractivity contribution in [2.45, 2.75) is 25.7 Å². The Balaban J connectivity index is 2.01. The van der Waals surface area contributed by atoms with Crippen molar-refractivity contribution in [2.75, 3.05) is 45.3 Å². The van der Waals surface area contributed by atoms with Gasteiger partial charge in [-0.15, -0.1) is 0 Å². The van der Waals surface area contributed by atoms with Crippen LogP contribution in [0.2, 0.25) is 0 Å². The summed E-state index contributed by atoms with van der Waals surface area (Å²) in [6.45, 7) is 2.41. The molecule has 3 rings (SSSR count). The van der Waals surface area contributed by atoms with Gasteiger partial charge in [0.25, 0.3) is 5.52 Å². The molecular formula is C17H25N5O3. The highest BCUT2D eigenvalue weighted by molar-refractivity contribution is 5.71. The lowest BCUT2D eigenvalue weighted by Crippen LogP contribution is -2.49. The minimum atomic E-state index is 0.133. The zero-order chi connectivity index (χ0) is 17.8. The molecule has 0 amide bonds. The van der Waals surface area contributed by atoms with E-state index in [9.17, 15) is 10.4 Å². The summed E-state index contributed by atoms with van der Waals surface area (Å²) in [5, 5.41) is 32.5. The summed E-state index contributed by atoms with van der Waals surface area (Å²) in [6.07, 6.45) is 3.81. The van der Waals surface area contributed by atoms with E-state index < -0.39 is 0 Å². The van der Waals surface area contributed by atoms with E-state index in [0.717, 1.165) is 48.1 Å². The Morgan fingerprint density at radius 2 is 1.92 bits per heavy atom. The molecule has 0 bridgehead atoms. The molecule has 1 heterocycles. The molecule has 1 aromatic carbocycles. The van der Waals surface area contributed by atoms with Crippen molar-refractivity contribution in [1.29, 1.82) is 0 Å². The van der Waals surface area contributed by atoms with E-state index in [2.05, 4.69) is 10.4 Å². The van der Waals surface area contributed by atoms with Crippen molar-refractivity contribution in [3.8, 4) is 0 Å². The van der Waals surface area contributed by atoms with E-state index in [0.29, 0.717) is 35.6 Å². The van der Waals surface area contributed by atoms with E-state index in [-0.39, 0.29) is 5.95 Å². The van der Waals surface area contributed by atoms with E-state index >= 15 is 0 Å². The van der Waals surface area contributed by atoms with Crippen LogP contribution >= 0.6 is 0 Å². The van der Waals surface area contributed by atoms with Crippen molar-refractivity contribution in [2.24, 2.45) is 0 Å². The summed E-state index contributed by atoms with van der Waals surface area (Å²) in [5.74, 6) is 0.133. The third-order valence-corrected chi connectivity index (χ3v) is 4.68. The van der Waals surface area contributed by atoms with Gasteiger partial charge in [-0.25, -0.2) is 4.73 Å². The predicted octanol–water partition coefficient (Wildman–Crippen LogP) is 0.0526. The van der Waals surface area contributed by atoms with E-state index in [1.54, 1.807) is 7.11 Å². The monoisotopic (exact) mass is 347 g/mol. The molecule has 0 aliphatic heterocycles. The van der Waals surface area contributed by atoms with Crippen LogP contribution in [0, 0.1) is 10.4 Å². The Kier molecular flexibility index (Phi) is 5.50. The largest absolute Gasteiger partial charge is 0.739 e. The van der Waals surface area contributed by atoms with Crippen LogP contribution < -0.4 is 19.8 Å². The summed E-state index contributed by atoms with van der Waals surface area (Å²) in [5.41, 5.74) is 3.03. The molecule has 25 heavy (non-hydrogen) atoms. The minimum Gasteiger partial charge on any atom is -0.739 e. The molecule has 0 radical (unpaired) electrons. The summed E-state index contributed by atoms with van der Waals surface area (Å²) < 4.78 is 5.93. The van der Waals surface area contributed by atoms with Gasteiger partial charge in [0.2, 0.25) is 5.10 Å². The SMILES string of the molecule is CNCCCN(CCOC)c1n[n+]([O-])c2cc3c(cc2[n+]1[O-])CCC3. The maximum Gasteiger partial charge on any atom is 0.463 e. The number of hydrogen-bond donors (Lipinski definition) is 1. The lowest BCUT2D eigenvalue weighted by molar-refractivity contribution is -0.673. The van der Waals surface area contributed by atoms with Gasteiger partial charge in [0, 0.05) is 18.0 Å². The summed E-state index contributed by atoms with van der Waals surface area (Å²) in [6, 6.07) is 3.67. The lowest BCUT2D eigenvalue weighted by Gasteiger charge is -2.20. The Hall–Kier alpha value is -2.19. The average molecular weight is 347 g/mol. The number of nitrogens with one attached hydrogen (secondary N) is 1. The number of anilines is 1. The topological polar surface area (TPSA) is 91.3 Å². The summed E-state index contributed by atoms with van der Waals surface area (Å²) in [4.78, 5) is 2.39. The van der Waals surface area contributed by atoms with Crippen LogP contribution in [-0.2, 0) is 17.6 Å². The predicted molar refractivity (Wildman–Crippen MR) is 94.3 cm³/mol. The average Bonchev–Trinajstić information content (AvgIpc) is 3.07. The number of hydrogen-bond acceptors (Lipinski definition) is 6. The highest BCUT2D eigenvalue weighted by Gasteiger charge is 2.28. The third-order valence-electron chi connectivity index (χ3n) is 4.68. The second-order valence-corrected chi connectivity index (χ2v) is 6.37. The Morgan fingerprint density at radius 1 is 1.20 bits per heavy atom. The molecule has 136 valence electrons. The first kappa shape index (κ1) is 17.6. The van der Waals surface area contributed by atoms with Crippen LogP contribution in [0.1, 0.15) is 24.0 Å². The van der Waals surface area contributed by atoms with Crippen molar-refractivity contribution in [3.05, 3.63) is 33.7 Å². The number of rotatable bonds is 8. The molecule has 0 saturated heterocycles. The van der Waals surface area contributed by atoms with Gasteiger partial charge in [0.15, 0.2) is 5.52 Å². The quantitative estimate of drug-likeness (QED) is 0.412. The molecule has 2 aromatic rings. The van der Waals surface area contributed by atoms with Gasteiger partial charge in [-0.2, -0.15) is 0 Å².